The number of likely N-dealkylation sites (N-methyl/N-ethyl adjacent to an activating group) is 1. The molecule has 1 N–H and O–H groups in total. The van der Waals surface area contributed by atoms with Crippen molar-refractivity contribution < 1.29 is 4.79 Å². The van der Waals surface area contributed by atoms with Crippen molar-refractivity contribution in [1.29, 1.82) is 0 Å². The highest BCUT2D eigenvalue weighted by atomic mass is 35.5. The first-order valence-electron chi connectivity index (χ1n) is 7.62. The van der Waals surface area contributed by atoms with Crippen LogP contribution >= 0.6 is 12.4 Å². The number of aromatic nitrogens is 3. The van der Waals surface area contributed by atoms with Gasteiger partial charge in [-0.3, -0.25) is 4.79 Å². The van der Waals surface area contributed by atoms with Crippen LogP contribution in [0.2, 0.25) is 0 Å². The van der Waals surface area contributed by atoms with Crippen molar-refractivity contribution >= 4 is 18.3 Å². The number of halogens is 1. The molecule has 3 rings (SSSR count). The normalized spacial score (nSPS) is 17.1. The second-order valence-corrected chi connectivity index (χ2v) is 5.69. The van der Waals surface area contributed by atoms with E-state index in [1.165, 1.54) is 6.33 Å². The lowest BCUT2D eigenvalue weighted by molar-refractivity contribution is 0.0737. The topological polar surface area (TPSA) is 63.1 Å². The summed E-state index contributed by atoms with van der Waals surface area (Å²) in [5.74, 6) is 0.117. The van der Waals surface area contributed by atoms with Gasteiger partial charge in [0.1, 0.15) is 12.7 Å². The Morgan fingerprint density at radius 3 is 2.91 bits per heavy atom. The third kappa shape index (κ3) is 3.54. The standard InChI is InChI=1S/C16H21N5O.ClH/c1-12-8-13(5-6-15(12)21-11-18-10-19-21)16(22)20-7-3-4-14(20)9-17-2;/h5-6,8,10-11,14,17H,3-4,7,9H2,1-2H3;1H. The molecule has 0 spiro atoms. The monoisotopic (exact) mass is 335 g/mol. The minimum Gasteiger partial charge on any atom is -0.334 e. The molecule has 124 valence electrons. The SMILES string of the molecule is CNCC1CCCN1C(=O)c1ccc(-n2cncn2)c(C)c1.Cl. The van der Waals surface area contributed by atoms with Gasteiger partial charge in [0.15, 0.2) is 0 Å². The Hall–Kier alpha value is -1.92. The fraction of sp³-hybridized carbons (Fsp3) is 0.438. The van der Waals surface area contributed by atoms with E-state index in [0.717, 1.165) is 42.7 Å². The van der Waals surface area contributed by atoms with Gasteiger partial charge in [0.2, 0.25) is 0 Å². The Balaban J connectivity index is 0.00000192. The molecule has 1 saturated heterocycles. The first kappa shape index (κ1) is 17.4. The van der Waals surface area contributed by atoms with E-state index in [9.17, 15) is 4.79 Å². The van der Waals surface area contributed by atoms with Gasteiger partial charge >= 0.3 is 0 Å². The van der Waals surface area contributed by atoms with E-state index in [4.69, 9.17) is 0 Å². The number of hydrogen-bond acceptors (Lipinski definition) is 4. The highest BCUT2D eigenvalue weighted by Gasteiger charge is 2.28. The minimum absolute atomic E-state index is 0. The average Bonchev–Trinajstić information content (AvgIpc) is 3.18. The van der Waals surface area contributed by atoms with E-state index in [0.29, 0.717) is 6.04 Å². The second-order valence-electron chi connectivity index (χ2n) is 5.69. The predicted octanol–water partition coefficient (Wildman–Crippen LogP) is 1.82. The molecule has 7 heteroatoms. The molecule has 0 aliphatic carbocycles. The maximum absolute atomic E-state index is 12.7. The fourth-order valence-corrected chi connectivity index (χ4v) is 3.09. The second kappa shape index (κ2) is 7.57. The number of aryl methyl sites for hydroxylation is 1. The molecule has 0 radical (unpaired) electrons. The van der Waals surface area contributed by atoms with Gasteiger partial charge in [-0.15, -0.1) is 12.4 Å². The number of carbonyl (C=O) groups excluding carboxylic acids is 1. The van der Waals surface area contributed by atoms with Crippen molar-refractivity contribution in [2.45, 2.75) is 25.8 Å². The van der Waals surface area contributed by atoms with Crippen molar-refractivity contribution in [3.8, 4) is 5.69 Å². The summed E-state index contributed by atoms with van der Waals surface area (Å²) >= 11 is 0. The van der Waals surface area contributed by atoms with Gasteiger partial charge in [0.25, 0.3) is 5.91 Å². The molecule has 2 heterocycles. The van der Waals surface area contributed by atoms with E-state index in [1.54, 1.807) is 11.0 Å². The first-order valence-corrected chi connectivity index (χ1v) is 7.62. The van der Waals surface area contributed by atoms with Crippen LogP contribution in [0.15, 0.2) is 30.9 Å². The number of nitrogens with zero attached hydrogens (tertiary/aromatic N) is 4. The highest BCUT2D eigenvalue weighted by Crippen LogP contribution is 2.22. The van der Waals surface area contributed by atoms with Crippen LogP contribution < -0.4 is 5.32 Å². The molecular weight excluding hydrogens is 314 g/mol. The zero-order valence-electron chi connectivity index (χ0n) is 13.4. The molecule has 1 aromatic heterocycles. The molecule has 23 heavy (non-hydrogen) atoms. The lowest BCUT2D eigenvalue weighted by Crippen LogP contribution is -2.40. The number of rotatable bonds is 4. The molecule has 1 fully saturated rings. The first-order chi connectivity index (χ1) is 10.7. The van der Waals surface area contributed by atoms with Crippen LogP contribution in [0.25, 0.3) is 5.69 Å². The minimum atomic E-state index is 0. The molecule has 1 aromatic carbocycles. The molecule has 1 unspecified atom stereocenters. The Bertz CT molecular complexity index is 658. The van der Waals surface area contributed by atoms with Crippen molar-refractivity contribution in [2.75, 3.05) is 20.1 Å². The van der Waals surface area contributed by atoms with E-state index in [-0.39, 0.29) is 18.3 Å². The summed E-state index contributed by atoms with van der Waals surface area (Å²) in [5, 5.41) is 7.31. The quantitative estimate of drug-likeness (QED) is 0.925. The summed E-state index contributed by atoms with van der Waals surface area (Å²) in [6, 6.07) is 6.04. The van der Waals surface area contributed by atoms with Gasteiger partial charge in [-0.1, -0.05) is 0 Å². The zero-order valence-corrected chi connectivity index (χ0v) is 14.2. The van der Waals surface area contributed by atoms with Crippen molar-refractivity contribution in [1.82, 2.24) is 25.0 Å². The van der Waals surface area contributed by atoms with Gasteiger partial charge in [-0.05, 0) is 50.6 Å². The van der Waals surface area contributed by atoms with Crippen LogP contribution in [0.1, 0.15) is 28.8 Å². The van der Waals surface area contributed by atoms with Gasteiger partial charge in [0.05, 0.1) is 5.69 Å². The molecule has 1 amide bonds. The molecule has 1 atom stereocenters. The lowest BCUT2D eigenvalue weighted by atomic mass is 10.1. The Morgan fingerprint density at radius 2 is 2.26 bits per heavy atom. The van der Waals surface area contributed by atoms with Crippen LogP contribution in [0.4, 0.5) is 0 Å². The summed E-state index contributed by atoms with van der Waals surface area (Å²) in [6.07, 6.45) is 5.31. The lowest BCUT2D eigenvalue weighted by Gasteiger charge is -2.25. The summed E-state index contributed by atoms with van der Waals surface area (Å²) in [6.45, 7) is 3.68. The van der Waals surface area contributed by atoms with Gasteiger partial charge < -0.3 is 10.2 Å². The molecule has 2 aromatic rings. The van der Waals surface area contributed by atoms with Crippen LogP contribution in [0, 0.1) is 6.92 Å². The van der Waals surface area contributed by atoms with Crippen LogP contribution in [0.3, 0.4) is 0 Å². The average molecular weight is 336 g/mol. The van der Waals surface area contributed by atoms with E-state index in [2.05, 4.69) is 15.4 Å². The predicted molar refractivity (Wildman–Crippen MR) is 91.3 cm³/mol. The Kier molecular flexibility index (Phi) is 5.74. The number of carbonyl (C=O) groups is 1. The molecule has 6 nitrogen and oxygen atoms in total. The van der Waals surface area contributed by atoms with E-state index in [1.807, 2.05) is 37.1 Å². The molecule has 1 aliphatic heterocycles. The summed E-state index contributed by atoms with van der Waals surface area (Å²) in [5.41, 5.74) is 2.70. The number of nitrogens with one attached hydrogen (secondary N) is 1. The molecular formula is C16H22ClN5O. The molecule has 1 aliphatic rings. The Labute approximate surface area is 142 Å². The third-order valence-electron chi connectivity index (χ3n) is 4.19. The molecule has 0 bridgehead atoms. The van der Waals surface area contributed by atoms with Gasteiger partial charge in [0, 0.05) is 24.7 Å². The van der Waals surface area contributed by atoms with Crippen LogP contribution in [-0.4, -0.2) is 51.8 Å². The van der Waals surface area contributed by atoms with Crippen LogP contribution in [-0.2, 0) is 0 Å². The largest absolute Gasteiger partial charge is 0.334 e. The maximum atomic E-state index is 12.7. The molecule has 0 saturated carbocycles. The van der Waals surface area contributed by atoms with E-state index >= 15 is 0 Å². The van der Waals surface area contributed by atoms with Crippen molar-refractivity contribution in [3.05, 3.63) is 42.0 Å². The van der Waals surface area contributed by atoms with Crippen molar-refractivity contribution in [3.63, 3.8) is 0 Å². The van der Waals surface area contributed by atoms with Crippen LogP contribution in [0.5, 0.6) is 0 Å². The number of likely N-dealkylation sites (tertiary alicyclic amines) is 1. The summed E-state index contributed by atoms with van der Waals surface area (Å²) in [7, 11) is 1.93. The number of benzene rings is 1. The third-order valence-corrected chi connectivity index (χ3v) is 4.19. The summed E-state index contributed by atoms with van der Waals surface area (Å²) in [4.78, 5) is 18.7. The van der Waals surface area contributed by atoms with Crippen molar-refractivity contribution in [2.24, 2.45) is 0 Å². The van der Waals surface area contributed by atoms with Gasteiger partial charge in [-0.2, -0.15) is 5.10 Å². The zero-order chi connectivity index (χ0) is 15.5. The fourth-order valence-electron chi connectivity index (χ4n) is 3.09. The van der Waals surface area contributed by atoms with Gasteiger partial charge in [-0.25, -0.2) is 9.67 Å². The maximum Gasteiger partial charge on any atom is 0.254 e. The number of amides is 1. The van der Waals surface area contributed by atoms with E-state index < -0.39 is 0 Å². The highest BCUT2D eigenvalue weighted by molar-refractivity contribution is 5.95. The summed E-state index contributed by atoms with van der Waals surface area (Å²) < 4.78 is 1.71. The smallest absolute Gasteiger partial charge is 0.254 e. The number of hydrogen-bond donors (Lipinski definition) is 1. The Morgan fingerprint density at radius 1 is 1.43 bits per heavy atom.